The first-order valence-electron chi connectivity index (χ1n) is 8.02. The van der Waals surface area contributed by atoms with Crippen molar-refractivity contribution in [2.45, 2.75) is 38.6 Å². The first-order valence-corrected chi connectivity index (χ1v) is 10.5. The summed E-state index contributed by atoms with van der Waals surface area (Å²) in [6.45, 7) is 3.04. The van der Waals surface area contributed by atoms with Gasteiger partial charge in [-0.05, 0) is 30.7 Å². The monoisotopic (exact) mass is 354 g/mol. The van der Waals surface area contributed by atoms with Gasteiger partial charge in [0, 0.05) is 19.1 Å². The number of thiophene rings is 1. The minimum Gasteiger partial charge on any atom is -0.365 e. The molecular formula is C15H22N4O2S2. The summed E-state index contributed by atoms with van der Waals surface area (Å²) in [5.41, 5.74) is 0. The SMILES string of the molecule is CCCS(=O)(=O)N1CCCCC(Nc2ncnc3sccc23)C1. The van der Waals surface area contributed by atoms with Crippen LogP contribution in [0.15, 0.2) is 17.8 Å². The van der Waals surface area contributed by atoms with Gasteiger partial charge in [-0.3, -0.25) is 0 Å². The summed E-state index contributed by atoms with van der Waals surface area (Å²) in [6.07, 6.45) is 5.10. The van der Waals surface area contributed by atoms with Crippen LogP contribution in [0.3, 0.4) is 0 Å². The number of hydrogen-bond donors (Lipinski definition) is 1. The molecule has 3 rings (SSSR count). The van der Waals surface area contributed by atoms with E-state index in [2.05, 4.69) is 15.3 Å². The van der Waals surface area contributed by atoms with Crippen LogP contribution < -0.4 is 5.32 Å². The second-order valence-electron chi connectivity index (χ2n) is 5.87. The van der Waals surface area contributed by atoms with Crippen LogP contribution in [0.2, 0.25) is 0 Å². The molecule has 1 atom stereocenters. The van der Waals surface area contributed by atoms with Gasteiger partial charge in [0.05, 0.1) is 11.1 Å². The van der Waals surface area contributed by atoms with E-state index in [-0.39, 0.29) is 11.8 Å². The zero-order valence-electron chi connectivity index (χ0n) is 13.2. The summed E-state index contributed by atoms with van der Waals surface area (Å²) >= 11 is 1.58. The van der Waals surface area contributed by atoms with Crippen LogP contribution in [-0.4, -0.2) is 47.6 Å². The average Bonchev–Trinajstić information content (AvgIpc) is 2.87. The lowest BCUT2D eigenvalue weighted by molar-refractivity contribution is 0.412. The molecule has 3 heterocycles. The third-order valence-corrected chi connectivity index (χ3v) is 6.96. The maximum absolute atomic E-state index is 12.4. The minimum absolute atomic E-state index is 0.0853. The summed E-state index contributed by atoms with van der Waals surface area (Å²) in [5.74, 6) is 1.03. The Bertz CT molecular complexity index is 760. The van der Waals surface area contributed by atoms with Gasteiger partial charge in [0.1, 0.15) is 17.0 Å². The van der Waals surface area contributed by atoms with Crippen molar-refractivity contribution in [1.29, 1.82) is 0 Å². The summed E-state index contributed by atoms with van der Waals surface area (Å²) in [7, 11) is -3.15. The zero-order valence-corrected chi connectivity index (χ0v) is 14.9. The molecule has 6 nitrogen and oxygen atoms in total. The van der Waals surface area contributed by atoms with E-state index in [4.69, 9.17) is 0 Å². The highest BCUT2D eigenvalue weighted by molar-refractivity contribution is 7.89. The Hall–Kier alpha value is -1.25. The van der Waals surface area contributed by atoms with E-state index in [1.165, 1.54) is 0 Å². The third kappa shape index (κ3) is 3.81. The van der Waals surface area contributed by atoms with Gasteiger partial charge in [0.2, 0.25) is 10.0 Å². The fourth-order valence-electron chi connectivity index (χ4n) is 2.96. The molecule has 1 aliphatic heterocycles. The molecule has 8 heteroatoms. The van der Waals surface area contributed by atoms with Crippen molar-refractivity contribution in [3.63, 3.8) is 0 Å². The molecule has 1 N–H and O–H groups in total. The summed E-state index contributed by atoms with van der Waals surface area (Å²) in [4.78, 5) is 9.55. The fourth-order valence-corrected chi connectivity index (χ4v) is 5.28. The summed E-state index contributed by atoms with van der Waals surface area (Å²) < 4.78 is 26.4. The van der Waals surface area contributed by atoms with E-state index in [1.54, 1.807) is 22.0 Å². The molecule has 0 aliphatic carbocycles. The smallest absolute Gasteiger partial charge is 0.214 e. The third-order valence-electron chi connectivity index (χ3n) is 4.09. The standard InChI is InChI=1S/C15H22N4O2S2/c1-2-9-23(20,21)19-7-4-3-5-12(10-19)18-14-13-6-8-22-15(13)17-11-16-14/h6,8,11-12H,2-5,7,9-10H2,1H3,(H,16,17,18). The Labute approximate surface area is 141 Å². The molecule has 126 valence electrons. The molecule has 0 spiro atoms. The van der Waals surface area contributed by atoms with Crippen molar-refractivity contribution >= 4 is 37.4 Å². The quantitative estimate of drug-likeness (QED) is 0.893. The lowest BCUT2D eigenvalue weighted by atomic mass is 10.1. The molecule has 0 amide bonds. The van der Waals surface area contributed by atoms with Gasteiger partial charge in [-0.25, -0.2) is 18.4 Å². The number of aromatic nitrogens is 2. The lowest BCUT2D eigenvalue weighted by Gasteiger charge is -2.25. The molecule has 0 bridgehead atoms. The first kappa shape index (κ1) is 16.6. The number of sulfonamides is 1. The molecule has 0 aromatic carbocycles. The van der Waals surface area contributed by atoms with Crippen LogP contribution in [0, 0.1) is 0 Å². The fraction of sp³-hybridized carbons (Fsp3) is 0.600. The van der Waals surface area contributed by atoms with E-state index >= 15 is 0 Å². The first-order chi connectivity index (χ1) is 11.1. The van der Waals surface area contributed by atoms with Crippen molar-refractivity contribution in [3.05, 3.63) is 17.8 Å². The van der Waals surface area contributed by atoms with Crippen LogP contribution in [0.4, 0.5) is 5.82 Å². The molecule has 1 unspecified atom stereocenters. The highest BCUT2D eigenvalue weighted by atomic mass is 32.2. The van der Waals surface area contributed by atoms with E-state index in [0.717, 1.165) is 35.3 Å². The molecule has 0 saturated carbocycles. The molecule has 23 heavy (non-hydrogen) atoms. The van der Waals surface area contributed by atoms with Gasteiger partial charge < -0.3 is 5.32 Å². The Morgan fingerprint density at radius 2 is 2.26 bits per heavy atom. The van der Waals surface area contributed by atoms with Crippen molar-refractivity contribution < 1.29 is 8.42 Å². The van der Waals surface area contributed by atoms with Crippen molar-refractivity contribution in [2.24, 2.45) is 0 Å². The molecule has 2 aromatic heterocycles. The highest BCUT2D eigenvalue weighted by Gasteiger charge is 2.27. The van der Waals surface area contributed by atoms with Crippen LogP contribution in [-0.2, 0) is 10.0 Å². The van der Waals surface area contributed by atoms with Gasteiger partial charge >= 0.3 is 0 Å². The van der Waals surface area contributed by atoms with E-state index < -0.39 is 10.0 Å². The average molecular weight is 355 g/mol. The molecule has 2 aromatic rings. The summed E-state index contributed by atoms with van der Waals surface area (Å²) in [6, 6.07) is 2.09. The van der Waals surface area contributed by atoms with Crippen molar-refractivity contribution in [2.75, 3.05) is 24.2 Å². The minimum atomic E-state index is -3.15. The number of fused-ring (bicyclic) bond motifs is 1. The number of nitrogens with zero attached hydrogens (tertiary/aromatic N) is 3. The molecular weight excluding hydrogens is 332 g/mol. The van der Waals surface area contributed by atoms with Crippen molar-refractivity contribution in [1.82, 2.24) is 14.3 Å². The molecule has 0 radical (unpaired) electrons. The van der Waals surface area contributed by atoms with Crippen LogP contribution in [0.5, 0.6) is 0 Å². The second kappa shape index (κ2) is 7.11. The summed E-state index contributed by atoms with van der Waals surface area (Å²) in [5, 5.41) is 6.44. The predicted molar refractivity (Wildman–Crippen MR) is 94.3 cm³/mol. The normalized spacial score (nSPS) is 20.5. The van der Waals surface area contributed by atoms with Crippen molar-refractivity contribution in [3.8, 4) is 0 Å². The number of nitrogens with one attached hydrogen (secondary N) is 1. The highest BCUT2D eigenvalue weighted by Crippen LogP contribution is 2.26. The van der Waals surface area contributed by atoms with Gasteiger partial charge in [0.15, 0.2) is 0 Å². The van der Waals surface area contributed by atoms with Gasteiger partial charge in [-0.1, -0.05) is 13.3 Å². The molecule has 1 saturated heterocycles. The Kier molecular flexibility index (Phi) is 5.13. The Morgan fingerprint density at radius 3 is 3.09 bits per heavy atom. The largest absolute Gasteiger partial charge is 0.365 e. The van der Waals surface area contributed by atoms with Gasteiger partial charge in [-0.2, -0.15) is 4.31 Å². The van der Waals surface area contributed by atoms with Crippen LogP contribution in [0.25, 0.3) is 10.2 Å². The number of anilines is 1. The van der Waals surface area contributed by atoms with E-state index in [9.17, 15) is 8.42 Å². The maximum atomic E-state index is 12.4. The topological polar surface area (TPSA) is 75.2 Å². The predicted octanol–water partition coefficient (Wildman–Crippen LogP) is 2.70. The lowest BCUT2D eigenvalue weighted by Crippen LogP contribution is -2.40. The number of rotatable bonds is 5. The Balaban J connectivity index is 1.78. The van der Waals surface area contributed by atoms with E-state index in [0.29, 0.717) is 19.5 Å². The number of hydrogen-bond acceptors (Lipinski definition) is 6. The van der Waals surface area contributed by atoms with Crippen LogP contribution in [0.1, 0.15) is 32.6 Å². The molecule has 1 fully saturated rings. The van der Waals surface area contributed by atoms with E-state index in [1.807, 2.05) is 18.4 Å². The van der Waals surface area contributed by atoms with Gasteiger partial charge in [0.25, 0.3) is 0 Å². The Morgan fingerprint density at radius 1 is 1.39 bits per heavy atom. The zero-order chi connectivity index (χ0) is 16.3. The maximum Gasteiger partial charge on any atom is 0.214 e. The molecule has 1 aliphatic rings. The second-order valence-corrected chi connectivity index (χ2v) is 8.86. The van der Waals surface area contributed by atoms with Gasteiger partial charge in [-0.15, -0.1) is 11.3 Å². The van der Waals surface area contributed by atoms with Crippen LogP contribution >= 0.6 is 11.3 Å².